The van der Waals surface area contributed by atoms with Crippen molar-refractivity contribution in [3.05, 3.63) is 95.1 Å². The predicted octanol–water partition coefficient (Wildman–Crippen LogP) is 5.00. The maximum Gasteiger partial charge on any atom is 0.264 e. The molecule has 3 rings (SSSR count). The fourth-order valence-corrected chi connectivity index (χ4v) is 5.81. The third kappa shape index (κ3) is 7.26. The molecule has 3 aromatic rings. The molecular formula is C31H39N3O4S. The van der Waals surface area contributed by atoms with Crippen LogP contribution in [0.4, 0.5) is 5.69 Å². The lowest BCUT2D eigenvalue weighted by Gasteiger charge is -2.33. The van der Waals surface area contributed by atoms with E-state index in [1.54, 1.807) is 43.3 Å². The molecule has 1 atom stereocenters. The fraction of sp³-hybridized carbons (Fsp3) is 0.355. The van der Waals surface area contributed by atoms with E-state index in [-0.39, 0.29) is 17.3 Å². The molecule has 0 fully saturated rings. The Labute approximate surface area is 232 Å². The average Bonchev–Trinajstić information content (AvgIpc) is 2.93. The van der Waals surface area contributed by atoms with Crippen LogP contribution in [0.3, 0.4) is 0 Å². The van der Waals surface area contributed by atoms with Crippen LogP contribution in [0, 0.1) is 13.8 Å². The Morgan fingerprint density at radius 1 is 0.872 bits per heavy atom. The maximum absolute atomic E-state index is 14.0. The van der Waals surface area contributed by atoms with Crippen molar-refractivity contribution in [1.82, 2.24) is 10.2 Å². The molecule has 1 N–H and O–H groups in total. The van der Waals surface area contributed by atoms with Gasteiger partial charge < -0.3 is 10.2 Å². The molecule has 0 radical (unpaired) electrons. The molecule has 0 aliphatic rings. The highest BCUT2D eigenvalue weighted by Crippen LogP contribution is 2.28. The number of carbonyl (C=O) groups excluding carboxylic acids is 2. The van der Waals surface area contributed by atoms with Crippen molar-refractivity contribution in [2.45, 2.75) is 64.9 Å². The summed E-state index contributed by atoms with van der Waals surface area (Å²) in [5.41, 5.74) is 4.06. The lowest BCUT2D eigenvalue weighted by atomic mass is 10.1. The Morgan fingerprint density at radius 2 is 1.49 bits per heavy atom. The van der Waals surface area contributed by atoms with Gasteiger partial charge in [0.1, 0.15) is 12.6 Å². The summed E-state index contributed by atoms with van der Waals surface area (Å²) in [5, 5.41) is 2.87. The number of nitrogens with one attached hydrogen (secondary N) is 1. The van der Waals surface area contributed by atoms with Crippen molar-refractivity contribution in [2.24, 2.45) is 0 Å². The summed E-state index contributed by atoms with van der Waals surface area (Å²) in [6, 6.07) is 20.7. The molecule has 0 saturated heterocycles. The highest BCUT2D eigenvalue weighted by molar-refractivity contribution is 7.92. The lowest BCUT2D eigenvalue weighted by Crippen LogP contribution is -2.51. The van der Waals surface area contributed by atoms with Gasteiger partial charge in [-0.2, -0.15) is 0 Å². The smallest absolute Gasteiger partial charge is 0.264 e. The quantitative estimate of drug-likeness (QED) is 0.344. The van der Waals surface area contributed by atoms with E-state index in [1.807, 2.05) is 64.1 Å². The Morgan fingerprint density at radius 3 is 2.10 bits per heavy atom. The van der Waals surface area contributed by atoms with Gasteiger partial charge in [-0.05, 0) is 68.5 Å². The first-order valence-corrected chi connectivity index (χ1v) is 14.8. The van der Waals surface area contributed by atoms with Crippen molar-refractivity contribution in [2.75, 3.05) is 17.4 Å². The van der Waals surface area contributed by atoms with Crippen LogP contribution < -0.4 is 9.62 Å². The first-order valence-electron chi connectivity index (χ1n) is 13.4. The molecule has 0 spiro atoms. The van der Waals surface area contributed by atoms with Gasteiger partial charge in [0.05, 0.1) is 10.6 Å². The molecule has 0 aromatic heterocycles. The van der Waals surface area contributed by atoms with Crippen molar-refractivity contribution in [3.63, 3.8) is 0 Å². The number of amides is 2. The zero-order valence-corrected chi connectivity index (χ0v) is 24.3. The second-order valence-corrected chi connectivity index (χ2v) is 11.6. The van der Waals surface area contributed by atoms with Crippen LogP contribution in [0.5, 0.6) is 0 Å². The number of carbonyl (C=O) groups is 2. The van der Waals surface area contributed by atoms with Crippen molar-refractivity contribution >= 4 is 27.5 Å². The molecule has 0 bridgehead atoms. The number of para-hydroxylation sites is 1. The van der Waals surface area contributed by atoms with E-state index in [1.165, 1.54) is 9.21 Å². The number of hydrogen-bond acceptors (Lipinski definition) is 4. The van der Waals surface area contributed by atoms with Gasteiger partial charge in [-0.1, -0.05) is 74.0 Å². The number of benzene rings is 3. The van der Waals surface area contributed by atoms with Gasteiger partial charge in [0.25, 0.3) is 10.0 Å². The topological polar surface area (TPSA) is 86.8 Å². The summed E-state index contributed by atoms with van der Waals surface area (Å²) in [7, 11) is -4.09. The van der Waals surface area contributed by atoms with E-state index in [4.69, 9.17) is 0 Å². The van der Waals surface area contributed by atoms with E-state index in [0.29, 0.717) is 18.7 Å². The Kier molecular flexibility index (Phi) is 10.3. The Hall–Kier alpha value is -3.65. The standard InChI is InChI=1S/C31H39N3O4S/c1-6-20-32-31(36)25(5)33(21-27-14-9-8-12-24(27)4)30(35)22-34(29-15-11-10-13-26(29)7-2)39(37,38)28-18-16-23(3)17-19-28/h8-19,25H,6-7,20-22H2,1-5H3,(H,32,36)/t25-/m0/s1. The van der Waals surface area contributed by atoms with E-state index in [9.17, 15) is 18.0 Å². The summed E-state index contributed by atoms with van der Waals surface area (Å²) < 4.78 is 29.2. The monoisotopic (exact) mass is 549 g/mol. The van der Waals surface area contributed by atoms with Gasteiger partial charge in [0.15, 0.2) is 0 Å². The number of sulfonamides is 1. The highest BCUT2D eigenvalue weighted by atomic mass is 32.2. The Bertz CT molecular complexity index is 1390. The number of anilines is 1. The van der Waals surface area contributed by atoms with Crippen LogP contribution >= 0.6 is 0 Å². The van der Waals surface area contributed by atoms with Crippen LogP contribution in [0.2, 0.25) is 0 Å². The number of aryl methyl sites for hydroxylation is 3. The molecule has 2 amide bonds. The number of rotatable bonds is 12. The molecule has 0 heterocycles. The van der Waals surface area contributed by atoms with Crippen molar-refractivity contribution in [3.8, 4) is 0 Å². The largest absolute Gasteiger partial charge is 0.354 e. The van der Waals surface area contributed by atoms with Crippen molar-refractivity contribution in [1.29, 1.82) is 0 Å². The van der Waals surface area contributed by atoms with Crippen LogP contribution in [0.25, 0.3) is 0 Å². The minimum absolute atomic E-state index is 0.103. The second kappa shape index (κ2) is 13.4. The molecule has 208 valence electrons. The second-order valence-electron chi connectivity index (χ2n) is 9.72. The summed E-state index contributed by atoms with van der Waals surface area (Å²) in [6.07, 6.45) is 1.35. The third-order valence-corrected chi connectivity index (χ3v) is 8.62. The third-order valence-electron chi connectivity index (χ3n) is 6.85. The molecule has 7 nitrogen and oxygen atoms in total. The molecular weight excluding hydrogens is 510 g/mol. The van der Waals surface area contributed by atoms with Gasteiger partial charge in [0, 0.05) is 13.1 Å². The summed E-state index contributed by atoms with van der Waals surface area (Å²) in [4.78, 5) is 28.6. The van der Waals surface area contributed by atoms with Crippen LogP contribution in [0.15, 0.2) is 77.7 Å². The Balaban J connectivity index is 2.07. The highest BCUT2D eigenvalue weighted by Gasteiger charge is 2.33. The van der Waals surface area contributed by atoms with E-state index >= 15 is 0 Å². The summed E-state index contributed by atoms with van der Waals surface area (Å²) in [5.74, 6) is -0.736. The minimum Gasteiger partial charge on any atom is -0.354 e. The van der Waals surface area contributed by atoms with Gasteiger partial charge in [-0.15, -0.1) is 0 Å². The van der Waals surface area contributed by atoms with Crippen LogP contribution in [-0.4, -0.2) is 44.3 Å². The maximum atomic E-state index is 14.0. The van der Waals surface area contributed by atoms with Crippen LogP contribution in [-0.2, 0) is 32.6 Å². The first kappa shape index (κ1) is 29.9. The lowest BCUT2D eigenvalue weighted by molar-refractivity contribution is -0.139. The predicted molar refractivity (Wildman–Crippen MR) is 156 cm³/mol. The average molecular weight is 550 g/mol. The van der Waals surface area contributed by atoms with Gasteiger partial charge in [-0.25, -0.2) is 8.42 Å². The van der Waals surface area contributed by atoms with E-state index < -0.39 is 28.5 Å². The van der Waals surface area contributed by atoms with E-state index in [2.05, 4.69) is 5.32 Å². The zero-order chi connectivity index (χ0) is 28.6. The molecule has 3 aromatic carbocycles. The van der Waals surface area contributed by atoms with E-state index in [0.717, 1.165) is 28.7 Å². The molecule has 8 heteroatoms. The number of hydrogen-bond donors (Lipinski definition) is 1. The molecule has 0 aliphatic heterocycles. The SMILES string of the molecule is CCCNC(=O)[C@H](C)N(Cc1ccccc1C)C(=O)CN(c1ccccc1CC)S(=O)(=O)c1ccc(C)cc1. The number of nitrogens with zero attached hydrogens (tertiary/aromatic N) is 2. The molecule has 0 aliphatic carbocycles. The summed E-state index contributed by atoms with van der Waals surface area (Å²) >= 11 is 0. The van der Waals surface area contributed by atoms with Crippen LogP contribution in [0.1, 0.15) is 49.4 Å². The van der Waals surface area contributed by atoms with Gasteiger partial charge >= 0.3 is 0 Å². The van der Waals surface area contributed by atoms with Gasteiger partial charge in [-0.3, -0.25) is 13.9 Å². The first-order chi connectivity index (χ1) is 18.6. The zero-order valence-electron chi connectivity index (χ0n) is 23.5. The normalized spacial score (nSPS) is 12.0. The van der Waals surface area contributed by atoms with Crippen molar-refractivity contribution < 1.29 is 18.0 Å². The molecule has 0 saturated carbocycles. The fourth-order valence-electron chi connectivity index (χ4n) is 4.35. The molecule has 39 heavy (non-hydrogen) atoms. The molecule has 0 unspecified atom stereocenters. The summed E-state index contributed by atoms with van der Waals surface area (Å²) in [6.45, 7) is 9.66. The van der Waals surface area contributed by atoms with Gasteiger partial charge in [0.2, 0.25) is 11.8 Å². The minimum atomic E-state index is -4.09.